The Morgan fingerprint density at radius 2 is 2.03 bits per heavy atom. The monoisotopic (exact) mass is 644 g/mol. The molecule has 0 saturated heterocycles. The molecule has 38 heavy (non-hydrogen) atoms. The molecule has 10 heteroatoms. The molecular weight excluding hydrogens is 603 g/mol. The zero-order valence-corrected chi connectivity index (χ0v) is 24.5. The smallest absolute Gasteiger partial charge is 0.247 e. The number of aliphatic hydroxyl groups excluding tert-OH is 3. The summed E-state index contributed by atoms with van der Waals surface area (Å²) in [7, 11) is 1.49. The number of carbonyl (C=O) groups is 2. The molecule has 0 saturated carbocycles. The second kappa shape index (κ2) is 16.7. The Morgan fingerprint density at radius 3 is 2.66 bits per heavy atom. The number of nitrogens with zero attached hydrogens (tertiary/aromatic N) is 1. The number of allylic oxidation sites excluding steroid dienone is 1. The van der Waals surface area contributed by atoms with Crippen molar-refractivity contribution in [2.75, 3.05) is 26.8 Å². The van der Waals surface area contributed by atoms with E-state index in [0.29, 0.717) is 39.2 Å². The van der Waals surface area contributed by atoms with Crippen LogP contribution in [-0.4, -0.2) is 77.1 Å². The van der Waals surface area contributed by atoms with Crippen molar-refractivity contribution in [2.45, 2.75) is 76.7 Å². The van der Waals surface area contributed by atoms with Crippen LogP contribution in [0.4, 0.5) is 0 Å². The van der Waals surface area contributed by atoms with Crippen molar-refractivity contribution in [1.82, 2.24) is 10.2 Å². The first-order valence-electron chi connectivity index (χ1n) is 13.1. The molecule has 1 aromatic carbocycles. The summed E-state index contributed by atoms with van der Waals surface area (Å²) in [6.45, 7) is 6.00. The van der Waals surface area contributed by atoms with Gasteiger partial charge in [0.2, 0.25) is 11.8 Å². The first kappa shape index (κ1) is 32.1. The van der Waals surface area contributed by atoms with Crippen LogP contribution >= 0.6 is 22.6 Å². The molecule has 2 amide bonds. The number of benzene rings is 1. The van der Waals surface area contributed by atoms with Gasteiger partial charge >= 0.3 is 0 Å². The van der Waals surface area contributed by atoms with Crippen LogP contribution in [0.15, 0.2) is 36.4 Å². The first-order chi connectivity index (χ1) is 18.3. The van der Waals surface area contributed by atoms with E-state index < -0.39 is 18.2 Å². The van der Waals surface area contributed by atoms with Crippen LogP contribution in [0.2, 0.25) is 0 Å². The van der Waals surface area contributed by atoms with Crippen LogP contribution in [0.25, 0.3) is 0 Å². The lowest BCUT2D eigenvalue weighted by atomic mass is 9.87. The molecule has 0 radical (unpaired) electrons. The fourth-order valence-electron chi connectivity index (χ4n) is 4.45. The van der Waals surface area contributed by atoms with Crippen molar-refractivity contribution in [2.24, 2.45) is 0 Å². The highest BCUT2D eigenvalue weighted by atomic mass is 127. The van der Waals surface area contributed by atoms with Gasteiger partial charge in [0.05, 0.1) is 29.9 Å². The Kier molecular flexibility index (Phi) is 14.1. The zero-order valence-electron chi connectivity index (χ0n) is 22.3. The van der Waals surface area contributed by atoms with E-state index in [0.717, 1.165) is 25.7 Å². The number of rotatable bonds is 16. The molecule has 0 unspecified atom stereocenters. The molecule has 2 rings (SSSR count). The number of carbonyl (C=O) groups excluding carboxylic acids is 2. The maximum atomic E-state index is 13.3. The largest absolute Gasteiger partial charge is 0.493 e. The molecular formula is C28H41IN2O7. The molecule has 0 fully saturated rings. The minimum Gasteiger partial charge on any atom is -0.493 e. The van der Waals surface area contributed by atoms with Crippen molar-refractivity contribution < 1.29 is 34.4 Å². The molecule has 1 aromatic rings. The molecule has 3 atom stereocenters. The Labute approximate surface area is 239 Å². The highest BCUT2D eigenvalue weighted by molar-refractivity contribution is 14.1. The third-order valence-corrected chi connectivity index (χ3v) is 7.28. The molecule has 212 valence electrons. The predicted octanol–water partition coefficient (Wildman–Crippen LogP) is 3.08. The average Bonchev–Trinajstić information content (AvgIpc) is 2.92. The first-order valence-corrected chi connectivity index (χ1v) is 14.2. The number of hydrogen-bond acceptors (Lipinski definition) is 7. The summed E-state index contributed by atoms with van der Waals surface area (Å²) >= 11 is 2.07. The summed E-state index contributed by atoms with van der Waals surface area (Å²) in [6, 6.07) is 2.73. The van der Waals surface area contributed by atoms with Crippen LogP contribution in [0, 0.1) is 3.57 Å². The molecule has 0 heterocycles. The van der Waals surface area contributed by atoms with E-state index in [4.69, 9.17) is 9.47 Å². The lowest BCUT2D eigenvalue weighted by Gasteiger charge is -2.41. The van der Waals surface area contributed by atoms with Gasteiger partial charge in [-0.25, -0.2) is 0 Å². The summed E-state index contributed by atoms with van der Waals surface area (Å²) in [5.41, 5.74) is 1.01. The summed E-state index contributed by atoms with van der Waals surface area (Å²) in [5.74, 6) is 0.259. The van der Waals surface area contributed by atoms with E-state index in [2.05, 4.69) is 41.4 Å². The lowest BCUT2D eigenvalue weighted by molar-refractivity contribution is -0.138. The van der Waals surface area contributed by atoms with Crippen molar-refractivity contribution in [3.05, 3.63) is 45.6 Å². The van der Waals surface area contributed by atoms with Gasteiger partial charge in [-0.05, 0) is 59.2 Å². The molecule has 0 aliphatic heterocycles. The van der Waals surface area contributed by atoms with Gasteiger partial charge in [0.15, 0.2) is 11.5 Å². The van der Waals surface area contributed by atoms with Crippen molar-refractivity contribution in [3.63, 3.8) is 0 Å². The second-order valence-corrected chi connectivity index (χ2v) is 10.4. The maximum absolute atomic E-state index is 13.3. The number of hydrogen-bond donors (Lipinski definition) is 4. The van der Waals surface area contributed by atoms with Gasteiger partial charge in [-0.1, -0.05) is 32.3 Å². The number of aliphatic hydroxyl groups is 3. The molecule has 0 aromatic heterocycles. The molecule has 1 aliphatic rings. The van der Waals surface area contributed by atoms with E-state index in [1.807, 2.05) is 0 Å². The Morgan fingerprint density at radius 1 is 1.26 bits per heavy atom. The number of unbranched alkanes of at least 4 members (excludes halogenated alkanes) is 3. The van der Waals surface area contributed by atoms with Gasteiger partial charge in [-0.3, -0.25) is 9.59 Å². The Hall–Kier alpha value is -2.15. The highest BCUT2D eigenvalue weighted by Gasteiger charge is 2.40. The molecule has 0 spiro atoms. The lowest BCUT2D eigenvalue weighted by Crippen LogP contribution is -2.55. The summed E-state index contributed by atoms with van der Waals surface area (Å²) in [4.78, 5) is 27.9. The normalized spacial score (nSPS) is 18.9. The highest BCUT2D eigenvalue weighted by Crippen LogP contribution is 2.37. The SMILES string of the molecule is C=CCCC(=O)N(CCCCCC)[C@@H]1CC(C(=O)NCCO)=C[C@H](Oc2c(I)cc(CO)cc2OC)[C@H]1O. The minimum atomic E-state index is -1.11. The molecule has 4 N–H and O–H groups in total. The van der Waals surface area contributed by atoms with Gasteiger partial charge in [-0.2, -0.15) is 0 Å². The van der Waals surface area contributed by atoms with Crippen LogP contribution in [0.1, 0.15) is 57.4 Å². The summed E-state index contributed by atoms with van der Waals surface area (Å²) in [5, 5.41) is 32.9. The van der Waals surface area contributed by atoms with Crippen molar-refractivity contribution >= 4 is 34.4 Å². The van der Waals surface area contributed by atoms with E-state index in [9.17, 15) is 24.9 Å². The van der Waals surface area contributed by atoms with Crippen molar-refractivity contribution in [3.8, 4) is 11.5 Å². The number of methoxy groups -OCH3 is 1. The van der Waals surface area contributed by atoms with Crippen LogP contribution in [0.5, 0.6) is 11.5 Å². The van der Waals surface area contributed by atoms with Crippen LogP contribution in [-0.2, 0) is 16.2 Å². The molecule has 9 nitrogen and oxygen atoms in total. The van der Waals surface area contributed by atoms with Gasteiger partial charge in [-0.15, -0.1) is 6.58 Å². The second-order valence-electron chi connectivity index (χ2n) is 9.26. The standard InChI is InChI=1S/C28H41IN2O7/c1-4-6-8-9-12-31(25(34)10-7-5-2)22-16-20(28(36)30-11-13-32)17-23(26(22)35)38-27-21(29)14-19(18-33)15-24(27)37-3/h5,14-15,17,22-23,26,32-33,35H,2,4,6-13,16,18H2,1,3H3,(H,30,36)/t22-,23+,26+/m1/s1. The number of ether oxygens (including phenoxy) is 2. The summed E-state index contributed by atoms with van der Waals surface area (Å²) in [6.07, 6.45) is 5.98. The van der Waals surface area contributed by atoms with Gasteiger partial charge < -0.3 is 35.0 Å². The van der Waals surface area contributed by atoms with E-state index in [-0.39, 0.29) is 44.4 Å². The average molecular weight is 645 g/mol. The predicted molar refractivity (Wildman–Crippen MR) is 154 cm³/mol. The number of nitrogens with one attached hydrogen (secondary N) is 1. The minimum absolute atomic E-state index is 0.0856. The van der Waals surface area contributed by atoms with Gasteiger partial charge in [0.25, 0.3) is 0 Å². The zero-order chi connectivity index (χ0) is 28.1. The molecule has 1 aliphatic carbocycles. The van der Waals surface area contributed by atoms with Crippen LogP contribution in [0.3, 0.4) is 0 Å². The van der Waals surface area contributed by atoms with Gasteiger partial charge in [0, 0.05) is 31.5 Å². The third kappa shape index (κ3) is 8.96. The van der Waals surface area contributed by atoms with Crippen molar-refractivity contribution in [1.29, 1.82) is 0 Å². The third-order valence-electron chi connectivity index (χ3n) is 6.48. The number of amides is 2. The maximum Gasteiger partial charge on any atom is 0.247 e. The fraction of sp³-hybridized carbons (Fsp3) is 0.571. The Balaban J connectivity index is 2.46. The quantitative estimate of drug-likeness (QED) is 0.124. The van der Waals surface area contributed by atoms with Crippen LogP contribution < -0.4 is 14.8 Å². The number of halogens is 1. The van der Waals surface area contributed by atoms with E-state index in [1.165, 1.54) is 7.11 Å². The van der Waals surface area contributed by atoms with E-state index in [1.54, 1.807) is 29.2 Å². The van der Waals surface area contributed by atoms with Gasteiger partial charge in [0.1, 0.15) is 12.2 Å². The Bertz CT molecular complexity index is 969. The van der Waals surface area contributed by atoms with E-state index >= 15 is 0 Å². The topological polar surface area (TPSA) is 129 Å². The molecule has 0 bridgehead atoms. The summed E-state index contributed by atoms with van der Waals surface area (Å²) < 4.78 is 12.4. The fourth-order valence-corrected chi connectivity index (χ4v) is 5.24.